The highest BCUT2D eigenvalue weighted by Crippen LogP contribution is 2.37. The summed E-state index contributed by atoms with van der Waals surface area (Å²) in [5.41, 5.74) is 0. The molecular formula is C16H30O4Si. The molecule has 0 bridgehead atoms. The number of ether oxygens (including phenoxy) is 2. The minimum absolute atomic E-state index is 0.161. The molecule has 4 nitrogen and oxygen atoms in total. The first-order valence-corrected chi connectivity index (χ1v) is 10.4. The van der Waals surface area contributed by atoms with E-state index in [0.29, 0.717) is 13.0 Å². The second kappa shape index (κ2) is 6.39. The summed E-state index contributed by atoms with van der Waals surface area (Å²) in [6.45, 7) is 15.1. The number of hydrogen-bond acceptors (Lipinski definition) is 4. The molecule has 0 aliphatic carbocycles. The predicted molar refractivity (Wildman–Crippen MR) is 86.4 cm³/mol. The van der Waals surface area contributed by atoms with Crippen molar-refractivity contribution in [3.63, 3.8) is 0 Å². The van der Waals surface area contributed by atoms with Crippen LogP contribution >= 0.6 is 0 Å². The number of terminal acetylenes is 1. The van der Waals surface area contributed by atoms with Gasteiger partial charge in [0, 0.05) is 6.61 Å². The minimum atomic E-state index is -1.79. The van der Waals surface area contributed by atoms with E-state index in [1.54, 1.807) is 13.8 Å². The van der Waals surface area contributed by atoms with E-state index >= 15 is 0 Å². The SMILES string of the molecule is C#C[C@H]1OC(C)(C)O[C@H]1[C@@H](O)CCO[Si](C)(C)C(C)(C)C. The lowest BCUT2D eigenvalue weighted by molar-refractivity contribution is -0.153. The van der Waals surface area contributed by atoms with Gasteiger partial charge in [0.25, 0.3) is 0 Å². The maximum atomic E-state index is 10.3. The quantitative estimate of drug-likeness (QED) is 0.626. The topological polar surface area (TPSA) is 47.9 Å². The van der Waals surface area contributed by atoms with Gasteiger partial charge in [-0.3, -0.25) is 0 Å². The lowest BCUT2D eigenvalue weighted by Gasteiger charge is -2.36. The molecule has 0 radical (unpaired) electrons. The molecule has 1 aliphatic heterocycles. The van der Waals surface area contributed by atoms with Crippen molar-refractivity contribution in [2.75, 3.05) is 6.61 Å². The molecular weight excluding hydrogens is 284 g/mol. The van der Waals surface area contributed by atoms with Crippen LogP contribution in [0.5, 0.6) is 0 Å². The van der Waals surface area contributed by atoms with E-state index in [2.05, 4.69) is 39.8 Å². The van der Waals surface area contributed by atoms with Crippen LogP contribution in [-0.4, -0.2) is 44.1 Å². The highest BCUT2D eigenvalue weighted by Gasteiger charge is 2.44. The van der Waals surface area contributed by atoms with Gasteiger partial charge in [-0.2, -0.15) is 0 Å². The molecule has 1 heterocycles. The van der Waals surface area contributed by atoms with Crippen LogP contribution < -0.4 is 0 Å². The number of aliphatic hydroxyl groups excluding tert-OH is 1. The summed E-state index contributed by atoms with van der Waals surface area (Å²) < 4.78 is 17.4. The Kier molecular flexibility index (Phi) is 5.68. The molecule has 21 heavy (non-hydrogen) atoms. The van der Waals surface area contributed by atoms with Crippen LogP contribution in [0.2, 0.25) is 18.1 Å². The van der Waals surface area contributed by atoms with Crippen LogP contribution in [0.1, 0.15) is 41.0 Å². The van der Waals surface area contributed by atoms with Crippen molar-refractivity contribution in [2.45, 2.75) is 83.3 Å². The zero-order valence-electron chi connectivity index (χ0n) is 14.4. The van der Waals surface area contributed by atoms with Crippen molar-refractivity contribution in [3.8, 4) is 12.3 Å². The molecule has 5 heteroatoms. The fourth-order valence-corrected chi connectivity index (χ4v) is 3.08. The molecule has 122 valence electrons. The lowest BCUT2D eigenvalue weighted by Crippen LogP contribution is -2.42. The Bertz CT molecular complexity index is 392. The Morgan fingerprint density at radius 3 is 2.38 bits per heavy atom. The van der Waals surface area contributed by atoms with Gasteiger partial charge in [-0.05, 0) is 38.4 Å². The number of hydrogen-bond donors (Lipinski definition) is 1. The minimum Gasteiger partial charge on any atom is -0.417 e. The van der Waals surface area contributed by atoms with Gasteiger partial charge in [0.1, 0.15) is 12.2 Å². The van der Waals surface area contributed by atoms with Gasteiger partial charge >= 0.3 is 0 Å². The third kappa shape index (κ3) is 4.80. The average molecular weight is 314 g/mol. The van der Waals surface area contributed by atoms with Gasteiger partial charge < -0.3 is 19.0 Å². The van der Waals surface area contributed by atoms with Crippen LogP contribution in [0.3, 0.4) is 0 Å². The second-order valence-corrected chi connectivity index (χ2v) is 12.5. The first-order chi connectivity index (χ1) is 9.39. The molecule has 0 aromatic rings. The fraction of sp³-hybridized carbons (Fsp3) is 0.875. The number of rotatable bonds is 5. The van der Waals surface area contributed by atoms with Crippen LogP contribution in [-0.2, 0) is 13.9 Å². The maximum absolute atomic E-state index is 10.3. The first-order valence-electron chi connectivity index (χ1n) is 7.53. The molecule has 0 saturated carbocycles. The van der Waals surface area contributed by atoms with Gasteiger partial charge in [-0.25, -0.2) is 0 Å². The largest absolute Gasteiger partial charge is 0.417 e. The van der Waals surface area contributed by atoms with Gasteiger partial charge in [0.05, 0.1) is 6.10 Å². The molecule has 0 spiro atoms. The van der Waals surface area contributed by atoms with E-state index in [-0.39, 0.29) is 5.04 Å². The van der Waals surface area contributed by atoms with Crippen molar-refractivity contribution in [3.05, 3.63) is 0 Å². The summed E-state index contributed by atoms with van der Waals surface area (Å²) in [4.78, 5) is 0. The average Bonchev–Trinajstić information content (AvgIpc) is 2.63. The van der Waals surface area contributed by atoms with E-state index in [1.165, 1.54) is 0 Å². The van der Waals surface area contributed by atoms with E-state index in [1.807, 2.05) is 0 Å². The monoisotopic (exact) mass is 314 g/mol. The predicted octanol–water partition coefficient (Wildman–Crippen LogP) is 2.91. The standard InChI is InChI=1S/C16H30O4Si/c1-9-13-14(20-16(5,6)19-13)12(17)10-11-18-21(7,8)15(2,3)4/h1,12-14,17H,10-11H2,2-8H3/t12-,13+,14-/m0/s1. The third-order valence-corrected chi connectivity index (χ3v) is 8.89. The Balaban J connectivity index is 2.52. The molecule has 1 rings (SSSR count). The molecule has 0 aromatic carbocycles. The summed E-state index contributed by atoms with van der Waals surface area (Å²) in [6, 6.07) is 0. The fourth-order valence-electron chi connectivity index (χ4n) is 2.01. The highest BCUT2D eigenvalue weighted by atomic mass is 28.4. The summed E-state index contributed by atoms with van der Waals surface area (Å²) >= 11 is 0. The van der Waals surface area contributed by atoms with E-state index in [4.69, 9.17) is 20.3 Å². The molecule has 0 aromatic heterocycles. The molecule has 1 N–H and O–H groups in total. The highest BCUT2D eigenvalue weighted by molar-refractivity contribution is 6.74. The van der Waals surface area contributed by atoms with Crippen LogP contribution in [0.15, 0.2) is 0 Å². The van der Waals surface area contributed by atoms with Gasteiger partial charge in [0.15, 0.2) is 14.1 Å². The molecule has 0 amide bonds. The van der Waals surface area contributed by atoms with Gasteiger partial charge in [0.2, 0.25) is 0 Å². The molecule has 3 atom stereocenters. The van der Waals surface area contributed by atoms with Crippen LogP contribution in [0, 0.1) is 12.3 Å². The summed E-state index contributed by atoms with van der Waals surface area (Å²) in [6.07, 6.45) is 4.26. The van der Waals surface area contributed by atoms with Crippen LogP contribution in [0.25, 0.3) is 0 Å². The summed E-state index contributed by atoms with van der Waals surface area (Å²) in [7, 11) is -1.79. The van der Waals surface area contributed by atoms with Crippen molar-refractivity contribution >= 4 is 8.32 Å². The molecule has 1 saturated heterocycles. The van der Waals surface area contributed by atoms with E-state index in [9.17, 15) is 5.11 Å². The molecule has 1 aliphatic rings. The Labute approximate surface area is 130 Å². The summed E-state index contributed by atoms with van der Waals surface area (Å²) in [5.74, 6) is 1.80. The van der Waals surface area contributed by atoms with E-state index < -0.39 is 32.4 Å². The van der Waals surface area contributed by atoms with Gasteiger partial charge in [-0.1, -0.05) is 26.7 Å². The normalized spacial score (nSPS) is 27.4. The maximum Gasteiger partial charge on any atom is 0.191 e. The van der Waals surface area contributed by atoms with Crippen molar-refractivity contribution in [2.24, 2.45) is 0 Å². The zero-order valence-corrected chi connectivity index (χ0v) is 15.4. The van der Waals surface area contributed by atoms with E-state index in [0.717, 1.165) is 0 Å². The number of aliphatic hydroxyl groups is 1. The van der Waals surface area contributed by atoms with Crippen LogP contribution in [0.4, 0.5) is 0 Å². The van der Waals surface area contributed by atoms with Crippen molar-refractivity contribution < 1.29 is 19.0 Å². The Morgan fingerprint density at radius 1 is 1.33 bits per heavy atom. The Hall–Kier alpha value is -0.383. The molecule has 1 fully saturated rings. The summed E-state index contributed by atoms with van der Waals surface area (Å²) in [5, 5.41) is 10.5. The second-order valence-electron chi connectivity index (χ2n) is 7.65. The van der Waals surface area contributed by atoms with Crippen molar-refractivity contribution in [1.82, 2.24) is 0 Å². The lowest BCUT2D eigenvalue weighted by atomic mass is 10.1. The first kappa shape index (κ1) is 18.7. The van der Waals surface area contributed by atoms with Gasteiger partial charge in [-0.15, -0.1) is 6.42 Å². The zero-order chi connectivity index (χ0) is 16.5. The Morgan fingerprint density at radius 2 is 1.90 bits per heavy atom. The molecule has 0 unspecified atom stereocenters. The van der Waals surface area contributed by atoms with Crippen molar-refractivity contribution in [1.29, 1.82) is 0 Å². The smallest absolute Gasteiger partial charge is 0.191 e. The third-order valence-electron chi connectivity index (χ3n) is 4.36.